The first-order chi connectivity index (χ1) is 9.65. The second-order valence-corrected chi connectivity index (χ2v) is 5.54. The highest BCUT2D eigenvalue weighted by atomic mass is 16.5. The molecule has 1 fully saturated rings. The molecule has 1 aliphatic carbocycles. The minimum absolute atomic E-state index is 0.0418. The van der Waals surface area contributed by atoms with Crippen LogP contribution in [0.25, 0.3) is 0 Å². The van der Waals surface area contributed by atoms with Gasteiger partial charge in [-0.1, -0.05) is 24.6 Å². The van der Waals surface area contributed by atoms with Crippen LogP contribution in [0.15, 0.2) is 24.3 Å². The highest BCUT2D eigenvalue weighted by molar-refractivity contribution is 5.77. The summed E-state index contributed by atoms with van der Waals surface area (Å²) in [6.45, 7) is 2.63. The third-order valence-corrected chi connectivity index (χ3v) is 3.80. The average Bonchev–Trinajstić information content (AvgIpc) is 2.44. The first kappa shape index (κ1) is 14.9. The monoisotopic (exact) mass is 277 g/mol. The number of nitrogens with one attached hydrogen (secondary N) is 1. The third-order valence-electron chi connectivity index (χ3n) is 3.80. The molecular formula is C16H23NO3. The summed E-state index contributed by atoms with van der Waals surface area (Å²) in [5.41, 5.74) is 1.02. The first-order valence-electron chi connectivity index (χ1n) is 7.28. The fourth-order valence-electron chi connectivity index (χ4n) is 2.62. The van der Waals surface area contributed by atoms with E-state index in [9.17, 15) is 9.90 Å². The van der Waals surface area contributed by atoms with Crippen LogP contribution in [0.5, 0.6) is 5.75 Å². The molecule has 4 nitrogen and oxygen atoms in total. The van der Waals surface area contributed by atoms with E-state index in [1.807, 2.05) is 31.2 Å². The number of hydrogen-bond donors (Lipinski definition) is 2. The van der Waals surface area contributed by atoms with Crippen LogP contribution in [-0.4, -0.2) is 30.3 Å². The van der Waals surface area contributed by atoms with Crippen molar-refractivity contribution >= 4 is 5.91 Å². The zero-order valence-electron chi connectivity index (χ0n) is 12.0. The standard InChI is InChI=1S/C16H23NO3/c1-12-5-2-3-8-15(12)20-11-16(19)17-10-13-6-4-7-14(18)9-13/h2-3,5,8,13-14,18H,4,6-7,9-11H2,1H3,(H,17,19). The lowest BCUT2D eigenvalue weighted by Gasteiger charge is -2.25. The Kier molecular flexibility index (Phi) is 5.41. The predicted octanol–water partition coefficient (Wildman–Crippen LogP) is 2.04. The van der Waals surface area contributed by atoms with Crippen molar-refractivity contribution in [3.63, 3.8) is 0 Å². The van der Waals surface area contributed by atoms with Crippen LogP contribution in [-0.2, 0) is 4.79 Å². The van der Waals surface area contributed by atoms with Gasteiger partial charge in [-0.05, 0) is 43.7 Å². The quantitative estimate of drug-likeness (QED) is 0.866. The molecule has 2 atom stereocenters. The van der Waals surface area contributed by atoms with Gasteiger partial charge < -0.3 is 15.2 Å². The molecule has 1 aromatic carbocycles. The number of aliphatic hydroxyl groups is 1. The summed E-state index contributed by atoms with van der Waals surface area (Å²) in [4.78, 5) is 11.8. The Hall–Kier alpha value is -1.55. The van der Waals surface area contributed by atoms with Gasteiger partial charge in [0.15, 0.2) is 6.61 Å². The van der Waals surface area contributed by atoms with Crippen molar-refractivity contribution in [3.8, 4) is 5.75 Å². The Morgan fingerprint density at radius 2 is 2.20 bits per heavy atom. The number of ether oxygens (including phenoxy) is 1. The fraction of sp³-hybridized carbons (Fsp3) is 0.562. The van der Waals surface area contributed by atoms with Crippen molar-refractivity contribution in [2.75, 3.05) is 13.2 Å². The van der Waals surface area contributed by atoms with Gasteiger partial charge >= 0.3 is 0 Å². The van der Waals surface area contributed by atoms with Gasteiger partial charge in [0.2, 0.25) is 0 Å². The molecule has 1 saturated carbocycles. The molecule has 0 radical (unpaired) electrons. The molecule has 2 rings (SSSR count). The van der Waals surface area contributed by atoms with Crippen molar-refractivity contribution in [3.05, 3.63) is 29.8 Å². The summed E-state index contributed by atoms with van der Waals surface area (Å²) in [7, 11) is 0. The van der Waals surface area contributed by atoms with E-state index in [0.717, 1.165) is 37.0 Å². The van der Waals surface area contributed by atoms with Crippen molar-refractivity contribution in [2.45, 2.75) is 38.7 Å². The number of carbonyl (C=O) groups excluding carboxylic acids is 1. The molecule has 2 N–H and O–H groups in total. The van der Waals surface area contributed by atoms with Gasteiger partial charge in [-0.25, -0.2) is 0 Å². The van der Waals surface area contributed by atoms with E-state index >= 15 is 0 Å². The fourth-order valence-corrected chi connectivity index (χ4v) is 2.62. The Morgan fingerprint density at radius 3 is 2.95 bits per heavy atom. The summed E-state index contributed by atoms with van der Waals surface area (Å²) in [5, 5.41) is 12.5. The minimum Gasteiger partial charge on any atom is -0.484 e. The van der Waals surface area contributed by atoms with Crippen LogP contribution in [0.2, 0.25) is 0 Å². The normalized spacial score (nSPS) is 22.3. The molecule has 0 aliphatic heterocycles. The van der Waals surface area contributed by atoms with Gasteiger partial charge in [0.1, 0.15) is 5.75 Å². The highest BCUT2D eigenvalue weighted by Crippen LogP contribution is 2.23. The molecule has 0 aromatic heterocycles. The Bertz CT molecular complexity index is 447. The van der Waals surface area contributed by atoms with E-state index in [0.29, 0.717) is 12.5 Å². The van der Waals surface area contributed by atoms with Gasteiger partial charge in [0, 0.05) is 6.54 Å². The van der Waals surface area contributed by atoms with E-state index in [1.54, 1.807) is 0 Å². The first-order valence-corrected chi connectivity index (χ1v) is 7.28. The molecule has 1 amide bonds. The lowest BCUT2D eigenvalue weighted by molar-refractivity contribution is -0.123. The van der Waals surface area contributed by atoms with Gasteiger partial charge in [-0.3, -0.25) is 4.79 Å². The lowest BCUT2D eigenvalue weighted by atomic mass is 9.87. The maximum atomic E-state index is 11.8. The summed E-state index contributed by atoms with van der Waals surface area (Å²) < 4.78 is 5.50. The number of hydrogen-bond acceptors (Lipinski definition) is 3. The molecule has 2 unspecified atom stereocenters. The van der Waals surface area contributed by atoms with E-state index in [4.69, 9.17) is 4.74 Å². The number of rotatable bonds is 5. The molecule has 20 heavy (non-hydrogen) atoms. The predicted molar refractivity (Wildman–Crippen MR) is 77.6 cm³/mol. The maximum Gasteiger partial charge on any atom is 0.257 e. The number of carbonyl (C=O) groups is 1. The average molecular weight is 277 g/mol. The molecule has 0 saturated heterocycles. The SMILES string of the molecule is Cc1ccccc1OCC(=O)NCC1CCCC(O)C1. The van der Waals surface area contributed by atoms with Crippen LogP contribution >= 0.6 is 0 Å². The van der Waals surface area contributed by atoms with Crippen LogP contribution in [0, 0.1) is 12.8 Å². The number of para-hydroxylation sites is 1. The maximum absolute atomic E-state index is 11.8. The smallest absolute Gasteiger partial charge is 0.257 e. The van der Waals surface area contributed by atoms with Gasteiger partial charge in [-0.15, -0.1) is 0 Å². The Morgan fingerprint density at radius 1 is 1.40 bits per heavy atom. The molecule has 0 bridgehead atoms. The molecule has 110 valence electrons. The van der Waals surface area contributed by atoms with Gasteiger partial charge in [0.25, 0.3) is 5.91 Å². The summed E-state index contributed by atoms with van der Waals surface area (Å²) >= 11 is 0. The second kappa shape index (κ2) is 7.29. The number of aryl methyl sites for hydroxylation is 1. The van der Waals surface area contributed by atoms with Gasteiger partial charge in [-0.2, -0.15) is 0 Å². The third kappa shape index (κ3) is 4.53. The highest BCUT2D eigenvalue weighted by Gasteiger charge is 2.20. The molecule has 1 aliphatic rings. The zero-order chi connectivity index (χ0) is 14.4. The van der Waals surface area contributed by atoms with Crippen molar-refractivity contribution in [1.82, 2.24) is 5.32 Å². The van der Waals surface area contributed by atoms with Crippen molar-refractivity contribution in [1.29, 1.82) is 0 Å². The molecule has 4 heteroatoms. The van der Waals surface area contributed by atoms with Crippen molar-refractivity contribution in [2.24, 2.45) is 5.92 Å². The van der Waals surface area contributed by atoms with E-state index < -0.39 is 0 Å². The molecule has 0 heterocycles. The van der Waals surface area contributed by atoms with Crippen LogP contribution in [0.1, 0.15) is 31.2 Å². The molecule has 1 aromatic rings. The molecule has 0 spiro atoms. The van der Waals surface area contributed by atoms with Crippen molar-refractivity contribution < 1.29 is 14.6 Å². The van der Waals surface area contributed by atoms with E-state index in [2.05, 4.69) is 5.32 Å². The Balaban J connectivity index is 1.69. The van der Waals surface area contributed by atoms with Crippen LogP contribution in [0.4, 0.5) is 0 Å². The van der Waals surface area contributed by atoms with Crippen LogP contribution < -0.4 is 10.1 Å². The van der Waals surface area contributed by atoms with Crippen LogP contribution in [0.3, 0.4) is 0 Å². The zero-order valence-corrected chi connectivity index (χ0v) is 12.0. The summed E-state index contributed by atoms with van der Waals surface area (Å²) in [6, 6.07) is 7.65. The largest absolute Gasteiger partial charge is 0.484 e. The molecular weight excluding hydrogens is 254 g/mol. The topological polar surface area (TPSA) is 58.6 Å². The number of benzene rings is 1. The van der Waals surface area contributed by atoms with E-state index in [-0.39, 0.29) is 18.6 Å². The minimum atomic E-state index is -0.200. The number of amides is 1. The van der Waals surface area contributed by atoms with Gasteiger partial charge in [0.05, 0.1) is 6.10 Å². The Labute approximate surface area is 120 Å². The second-order valence-electron chi connectivity index (χ2n) is 5.54. The number of aliphatic hydroxyl groups excluding tert-OH is 1. The lowest BCUT2D eigenvalue weighted by Crippen LogP contribution is -2.35. The summed E-state index contributed by atoms with van der Waals surface area (Å²) in [5.74, 6) is 1.03. The van der Waals surface area contributed by atoms with E-state index in [1.165, 1.54) is 0 Å². The summed E-state index contributed by atoms with van der Waals surface area (Å²) in [6.07, 6.45) is 3.60.